The number of anilines is 1. The largest absolute Gasteiger partial charge is 0.325 e. The fourth-order valence-corrected chi connectivity index (χ4v) is 4.16. The summed E-state index contributed by atoms with van der Waals surface area (Å²) in [6.07, 6.45) is 3.43. The van der Waals surface area contributed by atoms with Crippen molar-refractivity contribution < 1.29 is 9.18 Å². The van der Waals surface area contributed by atoms with Gasteiger partial charge < -0.3 is 5.32 Å². The number of piperazine rings is 1. The number of carbonyl (C=O) groups excluding carboxylic acids is 1. The van der Waals surface area contributed by atoms with Crippen LogP contribution >= 0.6 is 11.3 Å². The van der Waals surface area contributed by atoms with E-state index in [1.807, 2.05) is 12.3 Å². The molecule has 1 atom stereocenters. The highest BCUT2D eigenvalue weighted by Gasteiger charge is 2.26. The molecule has 1 aromatic carbocycles. The van der Waals surface area contributed by atoms with Crippen LogP contribution in [-0.2, 0) is 11.3 Å². The molecule has 3 heterocycles. The number of nitrogens with zero attached hydrogens (tertiary/aromatic N) is 5. The summed E-state index contributed by atoms with van der Waals surface area (Å²) in [4.78, 5) is 30.2. The molecule has 1 N–H and O–H groups in total. The third kappa shape index (κ3) is 5.05. The molecule has 156 valence electrons. The van der Waals surface area contributed by atoms with Crippen molar-refractivity contribution in [3.63, 3.8) is 0 Å². The molecule has 0 saturated carbocycles. The van der Waals surface area contributed by atoms with Crippen LogP contribution in [0, 0.1) is 5.82 Å². The van der Waals surface area contributed by atoms with Crippen LogP contribution in [0.4, 0.5) is 10.1 Å². The lowest BCUT2D eigenvalue weighted by atomic mass is 10.2. The van der Waals surface area contributed by atoms with Gasteiger partial charge in [0, 0.05) is 56.2 Å². The Morgan fingerprint density at radius 3 is 2.70 bits per heavy atom. The molecule has 30 heavy (non-hydrogen) atoms. The average Bonchev–Trinajstić information content (AvgIpc) is 3.23. The van der Waals surface area contributed by atoms with Crippen LogP contribution in [-0.4, -0.2) is 62.9 Å². The highest BCUT2D eigenvalue weighted by molar-refractivity contribution is 7.13. The second-order valence-electron chi connectivity index (χ2n) is 7.20. The van der Waals surface area contributed by atoms with E-state index in [0.29, 0.717) is 11.5 Å². The van der Waals surface area contributed by atoms with Crippen LogP contribution in [0.5, 0.6) is 0 Å². The van der Waals surface area contributed by atoms with E-state index < -0.39 is 0 Å². The standard InChI is InChI=1S/C21H23FN6OS/c1-15(20(29)25-17-5-2-4-16(22)12-17)28-10-8-27(9-11-28)13-18-14-30-21(26-18)19-23-6-3-7-24-19/h2-7,12,14-15H,8-11,13H2,1H3,(H,25,29)/t15-/m1/s1. The van der Waals surface area contributed by atoms with E-state index in [2.05, 4.69) is 30.1 Å². The molecular formula is C21H23FN6OS. The zero-order valence-electron chi connectivity index (χ0n) is 16.7. The van der Waals surface area contributed by atoms with E-state index in [1.54, 1.807) is 41.9 Å². The van der Waals surface area contributed by atoms with E-state index in [9.17, 15) is 9.18 Å². The number of aromatic nitrogens is 3. The van der Waals surface area contributed by atoms with E-state index >= 15 is 0 Å². The van der Waals surface area contributed by atoms with Crippen molar-refractivity contribution in [1.82, 2.24) is 24.8 Å². The number of hydrogen-bond acceptors (Lipinski definition) is 7. The van der Waals surface area contributed by atoms with Crippen LogP contribution in [0.1, 0.15) is 12.6 Å². The Labute approximate surface area is 178 Å². The van der Waals surface area contributed by atoms with Crippen molar-refractivity contribution >= 4 is 22.9 Å². The molecule has 1 fully saturated rings. The van der Waals surface area contributed by atoms with Crippen molar-refractivity contribution in [2.45, 2.75) is 19.5 Å². The Hall–Kier alpha value is -2.75. The fraction of sp³-hybridized carbons (Fsp3) is 0.333. The van der Waals surface area contributed by atoms with Crippen molar-refractivity contribution in [1.29, 1.82) is 0 Å². The molecule has 0 radical (unpaired) electrons. The van der Waals surface area contributed by atoms with Crippen LogP contribution in [0.15, 0.2) is 48.1 Å². The monoisotopic (exact) mass is 426 g/mol. The van der Waals surface area contributed by atoms with Crippen molar-refractivity contribution in [3.8, 4) is 10.8 Å². The molecule has 2 aromatic heterocycles. The maximum Gasteiger partial charge on any atom is 0.241 e. The number of hydrogen-bond donors (Lipinski definition) is 1. The molecule has 4 rings (SSSR count). The number of nitrogens with one attached hydrogen (secondary N) is 1. The molecule has 7 nitrogen and oxygen atoms in total. The number of amides is 1. The first-order valence-corrected chi connectivity index (χ1v) is 10.7. The topological polar surface area (TPSA) is 74.2 Å². The lowest BCUT2D eigenvalue weighted by molar-refractivity contribution is -0.121. The van der Waals surface area contributed by atoms with Gasteiger partial charge in [-0.05, 0) is 31.2 Å². The van der Waals surface area contributed by atoms with E-state index in [-0.39, 0.29) is 17.8 Å². The normalized spacial score (nSPS) is 16.3. The molecule has 0 bridgehead atoms. The summed E-state index contributed by atoms with van der Waals surface area (Å²) in [7, 11) is 0. The maximum atomic E-state index is 13.3. The summed E-state index contributed by atoms with van der Waals surface area (Å²) in [5, 5.41) is 5.67. The molecule has 0 unspecified atom stereocenters. The Bertz CT molecular complexity index is 990. The zero-order valence-corrected chi connectivity index (χ0v) is 17.5. The highest BCUT2D eigenvalue weighted by atomic mass is 32.1. The Morgan fingerprint density at radius 1 is 1.20 bits per heavy atom. The van der Waals surface area contributed by atoms with Gasteiger partial charge in [0.15, 0.2) is 10.8 Å². The van der Waals surface area contributed by atoms with Gasteiger partial charge in [0.05, 0.1) is 11.7 Å². The second-order valence-corrected chi connectivity index (χ2v) is 8.06. The lowest BCUT2D eigenvalue weighted by Crippen LogP contribution is -2.52. The van der Waals surface area contributed by atoms with Crippen LogP contribution < -0.4 is 5.32 Å². The van der Waals surface area contributed by atoms with Gasteiger partial charge >= 0.3 is 0 Å². The Balaban J connectivity index is 1.27. The molecule has 1 amide bonds. The molecule has 1 saturated heterocycles. The van der Waals surface area contributed by atoms with Crippen LogP contribution in [0.25, 0.3) is 10.8 Å². The van der Waals surface area contributed by atoms with Gasteiger partial charge in [-0.15, -0.1) is 11.3 Å². The van der Waals surface area contributed by atoms with Gasteiger partial charge in [-0.25, -0.2) is 19.3 Å². The molecular weight excluding hydrogens is 403 g/mol. The van der Waals surface area contributed by atoms with Gasteiger partial charge in [-0.3, -0.25) is 14.6 Å². The number of carbonyl (C=O) groups is 1. The quantitative estimate of drug-likeness (QED) is 0.653. The SMILES string of the molecule is C[C@H](C(=O)Nc1cccc(F)c1)N1CCN(Cc2csc(-c3ncccn3)n2)CC1. The molecule has 3 aromatic rings. The molecule has 0 spiro atoms. The van der Waals surface area contributed by atoms with Crippen LogP contribution in [0.2, 0.25) is 0 Å². The first kappa shape index (κ1) is 20.5. The molecule has 0 aliphatic carbocycles. The van der Waals surface area contributed by atoms with Gasteiger partial charge in [0.25, 0.3) is 0 Å². The van der Waals surface area contributed by atoms with E-state index in [4.69, 9.17) is 0 Å². The first-order chi connectivity index (χ1) is 14.6. The van der Waals surface area contributed by atoms with Crippen LogP contribution in [0.3, 0.4) is 0 Å². The Morgan fingerprint density at radius 2 is 1.97 bits per heavy atom. The van der Waals surface area contributed by atoms with Gasteiger partial charge in [-0.2, -0.15) is 0 Å². The minimum absolute atomic E-state index is 0.124. The predicted molar refractivity (Wildman–Crippen MR) is 114 cm³/mol. The average molecular weight is 427 g/mol. The summed E-state index contributed by atoms with van der Waals surface area (Å²) in [5.74, 6) is 0.163. The second kappa shape index (κ2) is 9.38. The molecule has 1 aliphatic rings. The fourth-order valence-electron chi connectivity index (χ4n) is 3.41. The Kier molecular flexibility index (Phi) is 6.41. The number of thiazole rings is 1. The zero-order chi connectivity index (χ0) is 20.9. The van der Waals surface area contributed by atoms with E-state index in [1.165, 1.54) is 12.1 Å². The minimum atomic E-state index is -0.363. The number of rotatable bonds is 6. The third-order valence-electron chi connectivity index (χ3n) is 5.12. The van der Waals surface area contributed by atoms with Gasteiger partial charge in [0.1, 0.15) is 5.82 Å². The molecule has 9 heteroatoms. The summed E-state index contributed by atoms with van der Waals surface area (Å²) in [6.45, 7) is 5.93. The van der Waals surface area contributed by atoms with E-state index in [0.717, 1.165) is 43.4 Å². The number of benzene rings is 1. The lowest BCUT2D eigenvalue weighted by Gasteiger charge is -2.37. The van der Waals surface area contributed by atoms with Gasteiger partial charge in [-0.1, -0.05) is 6.07 Å². The summed E-state index contributed by atoms with van der Waals surface area (Å²) in [5.41, 5.74) is 1.49. The van der Waals surface area contributed by atoms with Crippen molar-refractivity contribution in [3.05, 3.63) is 59.6 Å². The summed E-state index contributed by atoms with van der Waals surface area (Å²) < 4.78 is 13.3. The van der Waals surface area contributed by atoms with Crippen molar-refractivity contribution in [2.75, 3.05) is 31.5 Å². The number of halogens is 1. The summed E-state index contributed by atoms with van der Waals surface area (Å²) in [6, 6.07) is 7.46. The first-order valence-electron chi connectivity index (χ1n) is 9.83. The molecule has 1 aliphatic heterocycles. The highest BCUT2D eigenvalue weighted by Crippen LogP contribution is 2.21. The smallest absolute Gasteiger partial charge is 0.241 e. The van der Waals surface area contributed by atoms with Crippen molar-refractivity contribution in [2.24, 2.45) is 0 Å². The third-order valence-corrected chi connectivity index (χ3v) is 6.01. The van der Waals surface area contributed by atoms with Gasteiger partial charge in [0.2, 0.25) is 5.91 Å². The summed E-state index contributed by atoms with van der Waals surface area (Å²) >= 11 is 1.55. The minimum Gasteiger partial charge on any atom is -0.325 e. The predicted octanol–water partition coefficient (Wildman–Crippen LogP) is 2.88. The maximum absolute atomic E-state index is 13.3.